The van der Waals surface area contributed by atoms with Crippen LogP contribution >= 0.6 is 0 Å². The first kappa shape index (κ1) is 14.1. The fourth-order valence-electron chi connectivity index (χ4n) is 1.67. The zero-order chi connectivity index (χ0) is 12.7. The molecule has 0 aliphatic heterocycles. The Hall–Kier alpha value is -1.00. The molecule has 96 valence electrons. The molecular formula is C13H19F2NO. The Bertz CT molecular complexity index is 344. The van der Waals surface area contributed by atoms with Crippen LogP contribution < -0.4 is 5.32 Å². The average molecular weight is 243 g/mol. The summed E-state index contributed by atoms with van der Waals surface area (Å²) in [5.74, 6) is -1.59. The van der Waals surface area contributed by atoms with Crippen LogP contribution in [-0.4, -0.2) is 26.3 Å². The lowest BCUT2D eigenvalue weighted by atomic mass is 10.0. The molecule has 2 nitrogen and oxygen atoms in total. The van der Waals surface area contributed by atoms with E-state index < -0.39 is 11.6 Å². The number of ether oxygens (including phenoxy) is 1. The summed E-state index contributed by atoms with van der Waals surface area (Å²) in [6.07, 6.45) is 1.52. The van der Waals surface area contributed by atoms with Crippen molar-refractivity contribution in [3.63, 3.8) is 0 Å². The Morgan fingerprint density at radius 3 is 2.65 bits per heavy atom. The van der Waals surface area contributed by atoms with Crippen molar-refractivity contribution in [3.05, 3.63) is 35.4 Å². The van der Waals surface area contributed by atoms with Crippen LogP contribution in [0.3, 0.4) is 0 Å². The van der Waals surface area contributed by atoms with E-state index in [4.69, 9.17) is 4.74 Å². The highest BCUT2D eigenvalue weighted by Crippen LogP contribution is 2.11. The molecule has 1 unspecified atom stereocenters. The van der Waals surface area contributed by atoms with Gasteiger partial charge < -0.3 is 10.1 Å². The maximum atomic E-state index is 13.0. The molecule has 1 atom stereocenters. The Morgan fingerprint density at radius 1 is 1.29 bits per heavy atom. The first-order valence-electron chi connectivity index (χ1n) is 5.86. The van der Waals surface area contributed by atoms with Crippen LogP contribution in [0.1, 0.15) is 18.9 Å². The lowest BCUT2D eigenvalue weighted by molar-refractivity contribution is 0.137. The molecule has 0 fully saturated rings. The average Bonchev–Trinajstić information content (AvgIpc) is 2.32. The number of hydrogen-bond acceptors (Lipinski definition) is 2. The summed E-state index contributed by atoms with van der Waals surface area (Å²) < 4.78 is 31.0. The van der Waals surface area contributed by atoms with Crippen molar-refractivity contribution in [1.82, 2.24) is 5.32 Å². The number of nitrogens with one attached hydrogen (secondary N) is 1. The molecule has 0 aliphatic rings. The third-order valence-electron chi connectivity index (χ3n) is 2.69. The number of hydrogen-bond donors (Lipinski definition) is 1. The molecule has 0 saturated carbocycles. The summed E-state index contributed by atoms with van der Waals surface area (Å²) in [7, 11) is 1.86. The highest BCUT2D eigenvalue weighted by atomic mass is 19.2. The first-order chi connectivity index (χ1) is 8.17. The van der Waals surface area contributed by atoms with Gasteiger partial charge in [-0.2, -0.15) is 0 Å². The highest BCUT2D eigenvalue weighted by molar-refractivity contribution is 5.18. The standard InChI is InChI=1S/C13H19F2NO/c1-3-17-7-6-11(16-2)8-10-4-5-12(14)13(15)9-10/h4-5,9,11,16H,3,6-8H2,1-2H3. The molecule has 1 aromatic rings. The minimum absolute atomic E-state index is 0.214. The second kappa shape index (κ2) is 7.35. The van der Waals surface area contributed by atoms with E-state index in [2.05, 4.69) is 5.32 Å². The van der Waals surface area contributed by atoms with Crippen LogP contribution in [0.2, 0.25) is 0 Å². The summed E-state index contributed by atoms with van der Waals surface area (Å²) >= 11 is 0. The van der Waals surface area contributed by atoms with Gasteiger partial charge in [0.2, 0.25) is 0 Å². The van der Waals surface area contributed by atoms with Crippen LogP contribution in [0.15, 0.2) is 18.2 Å². The third kappa shape index (κ3) is 4.79. The van der Waals surface area contributed by atoms with Gasteiger partial charge in [-0.15, -0.1) is 0 Å². The van der Waals surface area contributed by atoms with Gasteiger partial charge in [-0.3, -0.25) is 0 Å². The van der Waals surface area contributed by atoms with Gasteiger partial charge in [0, 0.05) is 19.3 Å². The molecule has 0 bridgehead atoms. The molecule has 0 saturated heterocycles. The molecule has 0 amide bonds. The van der Waals surface area contributed by atoms with Gasteiger partial charge in [-0.25, -0.2) is 8.78 Å². The lowest BCUT2D eigenvalue weighted by Gasteiger charge is -2.16. The molecule has 0 spiro atoms. The fourth-order valence-corrected chi connectivity index (χ4v) is 1.67. The summed E-state index contributed by atoms with van der Waals surface area (Å²) in [6.45, 7) is 3.32. The van der Waals surface area contributed by atoms with Gasteiger partial charge in [0.15, 0.2) is 11.6 Å². The van der Waals surface area contributed by atoms with E-state index in [1.54, 1.807) is 6.07 Å². The van der Waals surface area contributed by atoms with Crippen LogP contribution in [0, 0.1) is 11.6 Å². The van der Waals surface area contributed by atoms with Crippen molar-refractivity contribution in [3.8, 4) is 0 Å². The van der Waals surface area contributed by atoms with Gasteiger partial charge in [0.05, 0.1) is 0 Å². The molecule has 0 radical (unpaired) electrons. The van der Waals surface area contributed by atoms with Crippen LogP contribution in [-0.2, 0) is 11.2 Å². The highest BCUT2D eigenvalue weighted by Gasteiger charge is 2.09. The van der Waals surface area contributed by atoms with Gasteiger partial charge in [-0.05, 0) is 44.5 Å². The molecule has 0 aromatic heterocycles. The van der Waals surface area contributed by atoms with Crippen LogP contribution in [0.4, 0.5) is 8.78 Å². The Labute approximate surface area is 101 Å². The number of rotatable bonds is 7. The quantitative estimate of drug-likeness (QED) is 0.743. The smallest absolute Gasteiger partial charge is 0.159 e. The normalized spacial score (nSPS) is 12.7. The SMILES string of the molecule is CCOCCC(Cc1ccc(F)c(F)c1)NC. The van der Waals surface area contributed by atoms with E-state index >= 15 is 0 Å². The van der Waals surface area contributed by atoms with E-state index in [1.807, 2.05) is 14.0 Å². The van der Waals surface area contributed by atoms with Crippen molar-refractivity contribution in [2.75, 3.05) is 20.3 Å². The first-order valence-corrected chi connectivity index (χ1v) is 5.86. The van der Waals surface area contributed by atoms with E-state index in [0.29, 0.717) is 19.6 Å². The minimum Gasteiger partial charge on any atom is -0.382 e. The topological polar surface area (TPSA) is 21.3 Å². The third-order valence-corrected chi connectivity index (χ3v) is 2.69. The second-order valence-corrected chi connectivity index (χ2v) is 3.92. The van der Waals surface area contributed by atoms with Gasteiger partial charge in [0.1, 0.15) is 0 Å². The summed E-state index contributed by atoms with van der Waals surface area (Å²) in [4.78, 5) is 0. The lowest BCUT2D eigenvalue weighted by Crippen LogP contribution is -2.29. The maximum absolute atomic E-state index is 13.0. The Morgan fingerprint density at radius 2 is 2.06 bits per heavy atom. The monoisotopic (exact) mass is 243 g/mol. The number of halogens is 2. The fraction of sp³-hybridized carbons (Fsp3) is 0.538. The number of likely N-dealkylation sites (N-methyl/N-ethyl adjacent to an activating group) is 1. The van der Waals surface area contributed by atoms with Gasteiger partial charge in [-0.1, -0.05) is 6.07 Å². The van der Waals surface area contributed by atoms with Crippen molar-refractivity contribution in [2.45, 2.75) is 25.8 Å². The Kier molecular flexibility index (Phi) is 6.08. The van der Waals surface area contributed by atoms with E-state index in [1.165, 1.54) is 12.1 Å². The van der Waals surface area contributed by atoms with E-state index in [9.17, 15) is 8.78 Å². The predicted molar refractivity (Wildman–Crippen MR) is 64.0 cm³/mol. The molecule has 1 aromatic carbocycles. The Balaban J connectivity index is 2.51. The van der Waals surface area contributed by atoms with Crippen LogP contribution in [0.5, 0.6) is 0 Å². The van der Waals surface area contributed by atoms with Crippen LogP contribution in [0.25, 0.3) is 0 Å². The zero-order valence-corrected chi connectivity index (χ0v) is 10.3. The summed E-state index contributed by atoms with van der Waals surface area (Å²) in [5, 5.41) is 3.15. The van der Waals surface area contributed by atoms with Crippen molar-refractivity contribution >= 4 is 0 Å². The molecule has 1 rings (SSSR count). The maximum Gasteiger partial charge on any atom is 0.159 e. The molecule has 4 heteroatoms. The van der Waals surface area contributed by atoms with Crippen molar-refractivity contribution in [1.29, 1.82) is 0 Å². The minimum atomic E-state index is -0.802. The van der Waals surface area contributed by atoms with Gasteiger partial charge >= 0.3 is 0 Å². The summed E-state index contributed by atoms with van der Waals surface area (Å²) in [5.41, 5.74) is 0.791. The van der Waals surface area contributed by atoms with Crippen molar-refractivity contribution < 1.29 is 13.5 Å². The molecule has 0 heterocycles. The van der Waals surface area contributed by atoms with Crippen molar-refractivity contribution in [2.24, 2.45) is 0 Å². The molecule has 1 N–H and O–H groups in total. The van der Waals surface area contributed by atoms with E-state index in [0.717, 1.165) is 12.0 Å². The largest absolute Gasteiger partial charge is 0.382 e. The molecule has 0 aliphatic carbocycles. The van der Waals surface area contributed by atoms with Gasteiger partial charge in [0.25, 0.3) is 0 Å². The van der Waals surface area contributed by atoms with E-state index in [-0.39, 0.29) is 6.04 Å². The second-order valence-electron chi connectivity index (χ2n) is 3.92. The number of benzene rings is 1. The predicted octanol–water partition coefficient (Wildman–Crippen LogP) is 2.52. The molecule has 17 heavy (non-hydrogen) atoms. The zero-order valence-electron chi connectivity index (χ0n) is 10.3. The summed E-state index contributed by atoms with van der Waals surface area (Å²) in [6, 6.07) is 4.25. The molecular weight excluding hydrogens is 224 g/mol.